The van der Waals surface area contributed by atoms with Crippen LogP contribution in [-0.2, 0) is 6.54 Å². The predicted octanol–water partition coefficient (Wildman–Crippen LogP) is 2.16. The number of nitrogens with zero attached hydrogens (tertiary/aromatic N) is 2. The van der Waals surface area contributed by atoms with Crippen LogP contribution in [0.1, 0.15) is 12.6 Å². The Balaban J connectivity index is 2.81. The molecule has 0 N–H and O–H groups in total. The van der Waals surface area contributed by atoms with Gasteiger partial charge in [-0.2, -0.15) is 0 Å². The molecule has 2 aromatic heterocycles. The number of rotatable bonds is 1. The van der Waals surface area contributed by atoms with Crippen LogP contribution in [0.3, 0.4) is 0 Å². The number of hydrogen-bond acceptors (Lipinski definition) is 1. The second-order valence-corrected chi connectivity index (χ2v) is 2.88. The molecule has 0 spiro atoms. The summed E-state index contributed by atoms with van der Waals surface area (Å²) in [6.07, 6.45) is 1.72. The van der Waals surface area contributed by atoms with Gasteiger partial charge in [0.2, 0.25) is 0 Å². The van der Waals surface area contributed by atoms with Crippen LogP contribution < -0.4 is 0 Å². The monoisotopic (exact) mass is 159 g/mol. The molecule has 2 nitrogen and oxygen atoms in total. The zero-order valence-electron chi connectivity index (χ0n) is 7.33. The largest absolute Gasteiger partial charge is 0.330 e. The van der Waals surface area contributed by atoms with Gasteiger partial charge < -0.3 is 4.57 Å². The van der Waals surface area contributed by atoms with E-state index in [4.69, 9.17) is 0 Å². The van der Waals surface area contributed by atoms with Crippen LogP contribution in [0, 0.1) is 13.0 Å². The smallest absolute Gasteiger partial charge is 0.140 e. The maximum Gasteiger partial charge on any atom is 0.140 e. The van der Waals surface area contributed by atoms with Gasteiger partial charge in [0.25, 0.3) is 0 Å². The van der Waals surface area contributed by atoms with Crippen LogP contribution in [0.15, 0.2) is 18.3 Å². The SMILES string of the molecule is CCn1c(C)cc2c[c]cnc21. The van der Waals surface area contributed by atoms with Gasteiger partial charge in [0.05, 0.1) is 0 Å². The van der Waals surface area contributed by atoms with E-state index in [2.05, 4.69) is 35.5 Å². The van der Waals surface area contributed by atoms with E-state index < -0.39 is 0 Å². The zero-order valence-corrected chi connectivity index (χ0v) is 7.33. The first-order valence-electron chi connectivity index (χ1n) is 4.15. The molecule has 1 radical (unpaired) electrons. The fourth-order valence-corrected chi connectivity index (χ4v) is 1.57. The Labute approximate surface area is 71.8 Å². The minimum Gasteiger partial charge on any atom is -0.330 e. The summed E-state index contributed by atoms with van der Waals surface area (Å²) in [5.74, 6) is 0. The average Bonchev–Trinajstić information content (AvgIpc) is 2.40. The summed E-state index contributed by atoms with van der Waals surface area (Å²) in [6, 6.07) is 7.09. The highest BCUT2D eigenvalue weighted by atomic mass is 15.0. The van der Waals surface area contributed by atoms with Gasteiger partial charge in [-0.15, -0.1) is 0 Å². The van der Waals surface area contributed by atoms with E-state index in [0.29, 0.717) is 0 Å². The van der Waals surface area contributed by atoms with Crippen LogP contribution >= 0.6 is 0 Å². The van der Waals surface area contributed by atoms with Crippen LogP contribution in [0.5, 0.6) is 0 Å². The Hall–Kier alpha value is -1.31. The highest BCUT2D eigenvalue weighted by Gasteiger charge is 2.02. The first kappa shape index (κ1) is 7.35. The second kappa shape index (κ2) is 2.63. The van der Waals surface area contributed by atoms with E-state index in [-0.39, 0.29) is 0 Å². The van der Waals surface area contributed by atoms with E-state index in [9.17, 15) is 0 Å². The number of aryl methyl sites for hydroxylation is 2. The van der Waals surface area contributed by atoms with E-state index in [0.717, 1.165) is 12.2 Å². The van der Waals surface area contributed by atoms with Crippen LogP contribution in [-0.4, -0.2) is 9.55 Å². The summed E-state index contributed by atoms with van der Waals surface area (Å²) in [7, 11) is 0. The van der Waals surface area contributed by atoms with Crippen LogP contribution in [0.2, 0.25) is 0 Å². The fourth-order valence-electron chi connectivity index (χ4n) is 1.57. The Morgan fingerprint density at radius 3 is 3.17 bits per heavy atom. The van der Waals surface area contributed by atoms with Crippen LogP contribution in [0.4, 0.5) is 0 Å². The fraction of sp³-hybridized carbons (Fsp3) is 0.300. The highest BCUT2D eigenvalue weighted by Crippen LogP contribution is 2.15. The third-order valence-corrected chi connectivity index (χ3v) is 2.12. The molecule has 2 heteroatoms. The Kier molecular flexibility index (Phi) is 1.61. The third-order valence-electron chi connectivity index (χ3n) is 2.12. The van der Waals surface area contributed by atoms with Gasteiger partial charge in [0.1, 0.15) is 5.65 Å². The van der Waals surface area contributed by atoms with Gasteiger partial charge in [-0.25, -0.2) is 4.98 Å². The molecular formula is C10H11N2. The summed E-state index contributed by atoms with van der Waals surface area (Å²) in [5.41, 5.74) is 2.33. The minimum absolute atomic E-state index is 0.979. The molecule has 0 fully saturated rings. The molecule has 2 heterocycles. The first-order valence-corrected chi connectivity index (χ1v) is 4.15. The third kappa shape index (κ3) is 0.916. The summed E-state index contributed by atoms with van der Waals surface area (Å²) in [4.78, 5) is 4.28. The predicted molar refractivity (Wildman–Crippen MR) is 49.0 cm³/mol. The maximum atomic E-state index is 4.28. The molecule has 0 aliphatic carbocycles. The first-order chi connectivity index (χ1) is 5.83. The molecule has 61 valence electrons. The van der Waals surface area contributed by atoms with Crippen molar-refractivity contribution in [3.8, 4) is 0 Å². The Morgan fingerprint density at radius 1 is 1.58 bits per heavy atom. The van der Waals surface area contributed by atoms with Crippen molar-refractivity contribution in [3.63, 3.8) is 0 Å². The number of hydrogen-bond donors (Lipinski definition) is 0. The lowest BCUT2D eigenvalue weighted by atomic mass is 10.3. The summed E-state index contributed by atoms with van der Waals surface area (Å²) < 4.78 is 2.20. The van der Waals surface area contributed by atoms with E-state index in [1.165, 1.54) is 11.1 Å². The molecule has 0 aliphatic heterocycles. The Morgan fingerprint density at radius 2 is 2.42 bits per heavy atom. The molecule has 0 bridgehead atoms. The van der Waals surface area contributed by atoms with Gasteiger partial charge in [0.15, 0.2) is 0 Å². The number of pyridine rings is 1. The molecule has 0 amide bonds. The van der Waals surface area contributed by atoms with Gasteiger partial charge in [-0.1, -0.05) is 0 Å². The van der Waals surface area contributed by atoms with Crippen molar-refractivity contribution in [2.24, 2.45) is 0 Å². The van der Waals surface area contributed by atoms with Gasteiger partial charge in [-0.05, 0) is 26.0 Å². The van der Waals surface area contributed by atoms with Gasteiger partial charge in [-0.3, -0.25) is 0 Å². The molecule has 0 saturated carbocycles. The van der Waals surface area contributed by atoms with E-state index >= 15 is 0 Å². The lowest BCUT2D eigenvalue weighted by molar-refractivity contribution is 0.761. The van der Waals surface area contributed by atoms with Crippen molar-refractivity contribution >= 4 is 11.0 Å². The lowest BCUT2D eigenvalue weighted by Crippen LogP contribution is -1.96. The van der Waals surface area contributed by atoms with Crippen LogP contribution in [0.25, 0.3) is 11.0 Å². The maximum absolute atomic E-state index is 4.28. The summed E-state index contributed by atoms with van der Waals surface area (Å²) >= 11 is 0. The summed E-state index contributed by atoms with van der Waals surface area (Å²) in [5, 5.41) is 1.18. The van der Waals surface area contributed by atoms with Crippen molar-refractivity contribution < 1.29 is 0 Å². The average molecular weight is 159 g/mol. The topological polar surface area (TPSA) is 17.8 Å². The van der Waals surface area contributed by atoms with Crippen molar-refractivity contribution in [3.05, 3.63) is 30.1 Å². The highest BCUT2D eigenvalue weighted by molar-refractivity contribution is 5.76. The van der Waals surface area contributed by atoms with E-state index in [1.54, 1.807) is 6.20 Å². The van der Waals surface area contributed by atoms with Gasteiger partial charge in [0, 0.05) is 29.9 Å². The van der Waals surface area contributed by atoms with E-state index in [1.807, 2.05) is 6.07 Å². The Bertz CT molecular complexity index is 401. The van der Waals surface area contributed by atoms with Crippen molar-refractivity contribution in [2.45, 2.75) is 20.4 Å². The molecule has 12 heavy (non-hydrogen) atoms. The molecular weight excluding hydrogens is 148 g/mol. The molecule has 0 aromatic carbocycles. The van der Waals surface area contributed by atoms with Crippen molar-refractivity contribution in [2.75, 3.05) is 0 Å². The van der Waals surface area contributed by atoms with Gasteiger partial charge >= 0.3 is 0 Å². The second-order valence-electron chi connectivity index (χ2n) is 2.88. The van der Waals surface area contributed by atoms with Crippen molar-refractivity contribution in [1.29, 1.82) is 0 Å². The molecule has 2 aromatic rings. The molecule has 0 saturated heterocycles. The lowest BCUT2D eigenvalue weighted by Gasteiger charge is -2.01. The quantitative estimate of drug-likeness (QED) is 0.623. The molecule has 2 rings (SSSR count). The molecule has 0 atom stereocenters. The number of aromatic nitrogens is 2. The molecule has 0 unspecified atom stereocenters. The standard InChI is InChI=1S/C10H11N2/c1-3-12-8(2)7-9-5-4-6-11-10(9)12/h5-7H,3H2,1-2H3. The normalized spacial score (nSPS) is 10.8. The molecule has 0 aliphatic rings. The minimum atomic E-state index is 0.979. The van der Waals surface area contributed by atoms with Crippen molar-refractivity contribution in [1.82, 2.24) is 9.55 Å². The summed E-state index contributed by atoms with van der Waals surface area (Å²) in [6.45, 7) is 5.21. The number of fused-ring (bicyclic) bond motifs is 1. The zero-order chi connectivity index (χ0) is 8.55.